The van der Waals surface area contributed by atoms with Crippen molar-refractivity contribution >= 4 is 0 Å². The smallest absolute Gasteiger partial charge is 0.0462 e. The van der Waals surface area contributed by atoms with Gasteiger partial charge in [0.1, 0.15) is 0 Å². The van der Waals surface area contributed by atoms with Crippen molar-refractivity contribution < 1.29 is 4.74 Å². The Morgan fingerprint density at radius 1 is 1.28 bits per heavy atom. The lowest BCUT2D eigenvalue weighted by Crippen LogP contribution is -2.51. The minimum absolute atomic E-state index is 0.392. The highest BCUT2D eigenvalue weighted by Gasteiger charge is 2.42. The second kappa shape index (κ2) is 6.88. The first-order valence-electron chi connectivity index (χ1n) is 7.71. The van der Waals surface area contributed by atoms with Crippen molar-refractivity contribution in [3.63, 3.8) is 0 Å². The normalized spacial score (nSPS) is 30.3. The van der Waals surface area contributed by atoms with E-state index in [0.717, 1.165) is 12.5 Å². The first-order chi connectivity index (χ1) is 8.74. The molecular formula is C15H30N2O. The zero-order chi connectivity index (χ0) is 12.8. The molecule has 0 bridgehead atoms. The average Bonchev–Trinajstić information content (AvgIpc) is 3.17. The van der Waals surface area contributed by atoms with Crippen molar-refractivity contribution in [2.24, 2.45) is 5.92 Å². The molecule has 0 aromatic rings. The second-order valence-electron chi connectivity index (χ2n) is 6.30. The largest absolute Gasteiger partial charge is 0.385 e. The molecule has 1 saturated heterocycles. The lowest BCUT2D eigenvalue weighted by atomic mass is 9.95. The van der Waals surface area contributed by atoms with Gasteiger partial charge >= 0.3 is 0 Å². The molecule has 3 heteroatoms. The lowest BCUT2D eigenvalue weighted by molar-refractivity contribution is 0.181. The van der Waals surface area contributed by atoms with Crippen LogP contribution in [0.5, 0.6) is 0 Å². The molecule has 1 unspecified atom stereocenters. The van der Waals surface area contributed by atoms with Crippen LogP contribution >= 0.6 is 0 Å². The molecule has 1 saturated carbocycles. The highest BCUT2D eigenvalue weighted by atomic mass is 16.5. The van der Waals surface area contributed by atoms with Crippen LogP contribution in [0.1, 0.15) is 45.4 Å². The molecule has 2 fully saturated rings. The predicted molar refractivity (Wildman–Crippen MR) is 75.9 cm³/mol. The van der Waals surface area contributed by atoms with E-state index in [1.807, 2.05) is 0 Å². The van der Waals surface area contributed by atoms with Gasteiger partial charge in [0.15, 0.2) is 0 Å². The number of methoxy groups -OCH3 is 1. The lowest BCUT2D eigenvalue weighted by Gasteiger charge is -2.34. The number of ether oxygens (including phenoxy) is 1. The van der Waals surface area contributed by atoms with Gasteiger partial charge in [-0.3, -0.25) is 0 Å². The molecule has 0 aromatic heterocycles. The minimum atomic E-state index is 0.392. The van der Waals surface area contributed by atoms with Crippen molar-refractivity contribution in [1.29, 1.82) is 0 Å². The molecule has 0 spiro atoms. The van der Waals surface area contributed by atoms with E-state index in [1.54, 1.807) is 7.11 Å². The van der Waals surface area contributed by atoms with Gasteiger partial charge < -0.3 is 15.0 Å². The number of hydrogen-bond donors (Lipinski definition) is 1. The molecule has 18 heavy (non-hydrogen) atoms. The summed E-state index contributed by atoms with van der Waals surface area (Å²) < 4.78 is 5.10. The predicted octanol–water partition coefficient (Wildman–Crippen LogP) is 2.27. The highest BCUT2D eigenvalue weighted by molar-refractivity contribution is 5.00. The van der Waals surface area contributed by atoms with Crippen molar-refractivity contribution in [3.05, 3.63) is 0 Å². The molecule has 3 nitrogen and oxygen atoms in total. The summed E-state index contributed by atoms with van der Waals surface area (Å²) >= 11 is 0. The standard InChI is InChI=1S/C15H30N2O/c1-15(14-7-8-14)13-17(11-6-9-16-15)10-4-3-5-12-18-2/h14,16H,3-13H2,1-2H3. The summed E-state index contributed by atoms with van der Waals surface area (Å²) in [5.41, 5.74) is 0.392. The summed E-state index contributed by atoms with van der Waals surface area (Å²) in [6.07, 6.45) is 8.02. The fourth-order valence-electron chi connectivity index (χ4n) is 3.22. The third-order valence-electron chi connectivity index (χ3n) is 4.53. The number of nitrogens with one attached hydrogen (secondary N) is 1. The second-order valence-corrected chi connectivity index (χ2v) is 6.30. The number of rotatable bonds is 7. The molecular weight excluding hydrogens is 224 g/mol. The van der Waals surface area contributed by atoms with E-state index in [4.69, 9.17) is 4.74 Å². The highest BCUT2D eigenvalue weighted by Crippen LogP contribution is 2.40. The van der Waals surface area contributed by atoms with E-state index in [-0.39, 0.29) is 0 Å². The Bertz CT molecular complexity index is 243. The van der Waals surface area contributed by atoms with Crippen molar-refractivity contribution in [3.8, 4) is 0 Å². The maximum atomic E-state index is 5.10. The average molecular weight is 254 g/mol. The summed E-state index contributed by atoms with van der Waals surface area (Å²) in [5.74, 6) is 0.937. The summed E-state index contributed by atoms with van der Waals surface area (Å²) in [6, 6.07) is 0. The van der Waals surface area contributed by atoms with Crippen LogP contribution in [-0.2, 0) is 4.74 Å². The van der Waals surface area contributed by atoms with Gasteiger partial charge in [0.05, 0.1) is 0 Å². The van der Waals surface area contributed by atoms with Crippen LogP contribution in [0.3, 0.4) is 0 Å². The third-order valence-corrected chi connectivity index (χ3v) is 4.53. The quantitative estimate of drug-likeness (QED) is 0.705. The first-order valence-corrected chi connectivity index (χ1v) is 7.71. The molecule has 106 valence electrons. The van der Waals surface area contributed by atoms with Gasteiger partial charge in [0.2, 0.25) is 0 Å². The molecule has 1 aliphatic carbocycles. The van der Waals surface area contributed by atoms with E-state index < -0.39 is 0 Å². The summed E-state index contributed by atoms with van der Waals surface area (Å²) in [7, 11) is 1.79. The fourth-order valence-corrected chi connectivity index (χ4v) is 3.22. The van der Waals surface area contributed by atoms with Gasteiger partial charge in [-0.25, -0.2) is 0 Å². The molecule has 2 rings (SSSR count). The molecule has 0 aromatic carbocycles. The Labute approximate surface area is 112 Å². The Balaban J connectivity index is 1.70. The van der Waals surface area contributed by atoms with Gasteiger partial charge in [0, 0.05) is 25.8 Å². The molecule has 1 atom stereocenters. The van der Waals surface area contributed by atoms with E-state index in [2.05, 4.69) is 17.1 Å². The van der Waals surface area contributed by atoms with E-state index in [9.17, 15) is 0 Å². The molecule has 1 aliphatic heterocycles. The Morgan fingerprint density at radius 2 is 2.11 bits per heavy atom. The summed E-state index contributed by atoms with van der Waals surface area (Å²) in [5, 5.41) is 3.80. The van der Waals surface area contributed by atoms with Gasteiger partial charge in [-0.05, 0) is 71.0 Å². The van der Waals surface area contributed by atoms with E-state index >= 15 is 0 Å². The summed E-state index contributed by atoms with van der Waals surface area (Å²) in [4.78, 5) is 2.69. The van der Waals surface area contributed by atoms with Crippen LogP contribution in [0.4, 0.5) is 0 Å². The Kier molecular flexibility index (Phi) is 5.46. The minimum Gasteiger partial charge on any atom is -0.385 e. The van der Waals surface area contributed by atoms with E-state index in [0.29, 0.717) is 5.54 Å². The van der Waals surface area contributed by atoms with Crippen LogP contribution in [0, 0.1) is 5.92 Å². The Hall–Kier alpha value is -0.120. The SMILES string of the molecule is COCCCCCN1CCCNC(C)(C2CC2)C1. The van der Waals surface area contributed by atoms with Crippen LogP contribution in [0.2, 0.25) is 0 Å². The molecule has 1 heterocycles. The Morgan fingerprint density at radius 3 is 2.83 bits per heavy atom. The van der Waals surface area contributed by atoms with Gasteiger partial charge in [-0.2, -0.15) is 0 Å². The molecule has 1 N–H and O–H groups in total. The molecule has 2 aliphatic rings. The van der Waals surface area contributed by atoms with Gasteiger partial charge in [0.25, 0.3) is 0 Å². The maximum absolute atomic E-state index is 5.10. The zero-order valence-corrected chi connectivity index (χ0v) is 12.2. The van der Waals surface area contributed by atoms with Crippen LogP contribution < -0.4 is 5.32 Å². The van der Waals surface area contributed by atoms with Gasteiger partial charge in [-0.15, -0.1) is 0 Å². The monoisotopic (exact) mass is 254 g/mol. The topological polar surface area (TPSA) is 24.5 Å². The van der Waals surface area contributed by atoms with Crippen LogP contribution in [0.25, 0.3) is 0 Å². The third kappa shape index (κ3) is 4.22. The number of unbranched alkanes of at least 4 members (excludes halogenated alkanes) is 2. The van der Waals surface area contributed by atoms with Crippen molar-refractivity contribution in [1.82, 2.24) is 10.2 Å². The molecule has 0 amide bonds. The van der Waals surface area contributed by atoms with Crippen LogP contribution in [0.15, 0.2) is 0 Å². The van der Waals surface area contributed by atoms with Crippen molar-refractivity contribution in [2.45, 2.75) is 51.0 Å². The first kappa shape index (κ1) is 14.3. The van der Waals surface area contributed by atoms with Crippen LogP contribution in [-0.4, -0.2) is 50.3 Å². The summed E-state index contributed by atoms with van der Waals surface area (Å²) in [6.45, 7) is 8.36. The van der Waals surface area contributed by atoms with Gasteiger partial charge in [-0.1, -0.05) is 0 Å². The van der Waals surface area contributed by atoms with E-state index in [1.165, 1.54) is 64.7 Å². The zero-order valence-electron chi connectivity index (χ0n) is 12.2. The number of nitrogens with zero attached hydrogens (tertiary/aromatic N) is 1. The number of hydrogen-bond acceptors (Lipinski definition) is 3. The van der Waals surface area contributed by atoms with Crippen molar-refractivity contribution in [2.75, 3.05) is 39.9 Å². The maximum Gasteiger partial charge on any atom is 0.0462 e. The fraction of sp³-hybridized carbons (Fsp3) is 1.00. The molecule has 0 radical (unpaired) electrons.